The van der Waals surface area contributed by atoms with Crippen LogP contribution in [-0.4, -0.2) is 36.1 Å². The summed E-state index contributed by atoms with van der Waals surface area (Å²) >= 11 is 0. The van der Waals surface area contributed by atoms with Crippen molar-refractivity contribution >= 4 is 0 Å². The maximum atomic E-state index is 4.54. The number of rotatable bonds is 3. The summed E-state index contributed by atoms with van der Waals surface area (Å²) in [6.45, 7) is 2.25. The van der Waals surface area contributed by atoms with Crippen molar-refractivity contribution in [3.63, 3.8) is 0 Å². The molecule has 1 heterocycles. The van der Waals surface area contributed by atoms with Crippen molar-refractivity contribution in [2.75, 3.05) is 13.1 Å². The highest BCUT2D eigenvalue weighted by atomic mass is 15.2. The van der Waals surface area contributed by atoms with Gasteiger partial charge in [0.05, 0.1) is 0 Å². The van der Waals surface area contributed by atoms with Crippen molar-refractivity contribution in [2.24, 2.45) is 0 Å². The molecule has 3 fully saturated rings. The van der Waals surface area contributed by atoms with Crippen LogP contribution in [0.15, 0.2) is 0 Å². The van der Waals surface area contributed by atoms with E-state index in [1.165, 1.54) is 64.2 Å². The van der Waals surface area contributed by atoms with Crippen molar-refractivity contribution < 1.29 is 0 Å². The van der Waals surface area contributed by atoms with Gasteiger partial charge in [0.25, 0.3) is 0 Å². The van der Waals surface area contributed by atoms with Gasteiger partial charge in [-0.15, -0.1) is 0 Å². The van der Waals surface area contributed by atoms with Crippen molar-refractivity contribution in [1.29, 1.82) is 0 Å². The summed E-state index contributed by atoms with van der Waals surface area (Å²) in [7, 11) is 0. The van der Waals surface area contributed by atoms with Crippen molar-refractivity contribution in [1.82, 2.24) is 10.2 Å². The minimum atomic E-state index is 0.874. The Morgan fingerprint density at radius 3 is 1.47 bits per heavy atom. The van der Waals surface area contributed by atoms with Gasteiger partial charge in [-0.05, 0) is 38.5 Å². The topological polar surface area (TPSA) is 17.3 Å². The minimum Gasteiger partial charge on any atom is -0.294 e. The summed E-state index contributed by atoms with van der Waals surface area (Å²) in [6, 6.07) is 2.74. The molecule has 97 valence electrons. The molecule has 2 saturated carbocycles. The van der Waals surface area contributed by atoms with Gasteiger partial charge in [0, 0.05) is 31.2 Å². The number of hydrogen-bond acceptors (Lipinski definition) is 1. The molecule has 3 aliphatic rings. The number of nitrogens with zero attached hydrogens (tertiary/aromatic N) is 2. The summed E-state index contributed by atoms with van der Waals surface area (Å²) in [6.07, 6.45) is 14.5. The van der Waals surface area contributed by atoms with Crippen LogP contribution in [0, 0.1) is 0 Å². The Labute approximate surface area is 106 Å². The van der Waals surface area contributed by atoms with E-state index in [-0.39, 0.29) is 0 Å². The second-order valence-electron chi connectivity index (χ2n) is 6.23. The van der Waals surface area contributed by atoms with E-state index in [0.29, 0.717) is 0 Å². The van der Waals surface area contributed by atoms with E-state index in [1.807, 2.05) is 0 Å². The lowest BCUT2D eigenvalue weighted by Crippen LogP contribution is -2.50. The van der Waals surface area contributed by atoms with Crippen LogP contribution in [0.3, 0.4) is 0 Å². The van der Waals surface area contributed by atoms with E-state index in [0.717, 1.165) is 31.2 Å². The van der Waals surface area contributed by atoms with Crippen molar-refractivity contribution in [3.8, 4) is 0 Å². The highest BCUT2D eigenvalue weighted by molar-refractivity contribution is 4.91. The van der Waals surface area contributed by atoms with Gasteiger partial charge in [-0.25, -0.2) is 5.32 Å². The van der Waals surface area contributed by atoms with Gasteiger partial charge in [0.1, 0.15) is 0 Å². The third kappa shape index (κ3) is 2.68. The lowest BCUT2D eigenvalue weighted by molar-refractivity contribution is 0.0633. The molecule has 2 nitrogen and oxygen atoms in total. The minimum absolute atomic E-state index is 0.874. The SMILES string of the molecule is C1CCC(N(C2CCCC2)C2CC[N]CC2)C1. The van der Waals surface area contributed by atoms with E-state index in [9.17, 15) is 0 Å². The zero-order valence-corrected chi connectivity index (χ0v) is 11.1. The van der Waals surface area contributed by atoms with Crippen LogP contribution in [0.1, 0.15) is 64.2 Å². The molecular formula is C15H27N2. The lowest BCUT2D eigenvalue weighted by atomic mass is 9.98. The summed E-state index contributed by atoms with van der Waals surface area (Å²) in [4.78, 5) is 2.98. The molecule has 1 saturated heterocycles. The van der Waals surface area contributed by atoms with E-state index in [1.54, 1.807) is 0 Å². The van der Waals surface area contributed by atoms with E-state index in [2.05, 4.69) is 10.2 Å². The van der Waals surface area contributed by atoms with Gasteiger partial charge >= 0.3 is 0 Å². The van der Waals surface area contributed by atoms with Gasteiger partial charge < -0.3 is 0 Å². The Hall–Kier alpha value is -0.0800. The Morgan fingerprint density at radius 1 is 0.588 bits per heavy atom. The first-order valence-corrected chi connectivity index (χ1v) is 7.86. The van der Waals surface area contributed by atoms with Crippen LogP contribution in [0.5, 0.6) is 0 Å². The Bertz CT molecular complexity index is 207. The lowest BCUT2D eigenvalue weighted by Gasteiger charge is -2.42. The second-order valence-corrected chi connectivity index (χ2v) is 6.23. The van der Waals surface area contributed by atoms with Crippen LogP contribution in [0.4, 0.5) is 0 Å². The monoisotopic (exact) mass is 235 g/mol. The van der Waals surface area contributed by atoms with Crippen LogP contribution < -0.4 is 5.32 Å². The molecule has 0 amide bonds. The second kappa shape index (κ2) is 5.71. The van der Waals surface area contributed by atoms with Crippen LogP contribution in [-0.2, 0) is 0 Å². The molecule has 1 radical (unpaired) electrons. The molecule has 0 atom stereocenters. The molecule has 0 bridgehead atoms. The summed E-state index contributed by atoms with van der Waals surface area (Å²) in [5, 5.41) is 4.54. The maximum Gasteiger partial charge on any atom is 0.0148 e. The molecular weight excluding hydrogens is 208 g/mol. The van der Waals surface area contributed by atoms with Crippen LogP contribution in [0.2, 0.25) is 0 Å². The summed E-state index contributed by atoms with van der Waals surface area (Å²) < 4.78 is 0. The Balaban J connectivity index is 1.69. The smallest absolute Gasteiger partial charge is 0.0148 e. The quantitative estimate of drug-likeness (QED) is 0.735. The van der Waals surface area contributed by atoms with Gasteiger partial charge in [-0.3, -0.25) is 4.90 Å². The first-order chi connectivity index (χ1) is 8.45. The Morgan fingerprint density at radius 2 is 1.00 bits per heavy atom. The summed E-state index contributed by atoms with van der Waals surface area (Å²) in [5.74, 6) is 0. The summed E-state index contributed by atoms with van der Waals surface area (Å²) in [5.41, 5.74) is 0. The molecule has 0 spiro atoms. The van der Waals surface area contributed by atoms with Gasteiger partial charge in [-0.2, -0.15) is 0 Å². The third-order valence-electron chi connectivity index (χ3n) is 5.16. The van der Waals surface area contributed by atoms with Crippen molar-refractivity contribution in [2.45, 2.75) is 82.3 Å². The molecule has 0 aromatic rings. The van der Waals surface area contributed by atoms with E-state index in [4.69, 9.17) is 0 Å². The van der Waals surface area contributed by atoms with Gasteiger partial charge in [0.15, 0.2) is 0 Å². The predicted octanol–water partition coefficient (Wildman–Crippen LogP) is 2.94. The first kappa shape index (κ1) is 12.0. The van der Waals surface area contributed by atoms with E-state index >= 15 is 0 Å². The Kier molecular flexibility index (Phi) is 4.02. The molecule has 0 unspecified atom stereocenters. The average molecular weight is 235 g/mol. The van der Waals surface area contributed by atoms with Crippen molar-refractivity contribution in [3.05, 3.63) is 0 Å². The van der Waals surface area contributed by atoms with Gasteiger partial charge in [0.2, 0.25) is 0 Å². The standard InChI is InChI=1S/C15H27N2/c1-2-6-13(5-1)17(14-7-3-4-8-14)15-9-11-16-12-10-15/h13-15H,1-12H2. The highest BCUT2D eigenvalue weighted by Gasteiger charge is 2.35. The fourth-order valence-electron chi connectivity index (χ4n) is 4.33. The molecule has 2 heteroatoms. The third-order valence-corrected chi connectivity index (χ3v) is 5.16. The predicted molar refractivity (Wildman–Crippen MR) is 71.2 cm³/mol. The van der Waals surface area contributed by atoms with Gasteiger partial charge in [-0.1, -0.05) is 25.7 Å². The highest BCUT2D eigenvalue weighted by Crippen LogP contribution is 2.34. The number of hydrogen-bond donors (Lipinski definition) is 0. The molecule has 1 aliphatic heterocycles. The molecule has 0 aromatic carbocycles. The van der Waals surface area contributed by atoms with Crippen LogP contribution in [0.25, 0.3) is 0 Å². The largest absolute Gasteiger partial charge is 0.294 e. The van der Waals surface area contributed by atoms with Crippen LogP contribution >= 0.6 is 0 Å². The molecule has 0 N–H and O–H groups in total. The zero-order valence-electron chi connectivity index (χ0n) is 11.1. The molecule has 17 heavy (non-hydrogen) atoms. The fraction of sp³-hybridized carbons (Fsp3) is 1.00. The molecule has 0 aromatic heterocycles. The molecule has 2 aliphatic carbocycles. The first-order valence-electron chi connectivity index (χ1n) is 7.86. The fourth-order valence-corrected chi connectivity index (χ4v) is 4.33. The number of piperidine rings is 1. The average Bonchev–Trinajstić information content (AvgIpc) is 3.04. The normalized spacial score (nSPS) is 29.5. The molecule has 3 rings (SSSR count). The maximum absolute atomic E-state index is 4.54. The van der Waals surface area contributed by atoms with E-state index < -0.39 is 0 Å². The zero-order chi connectivity index (χ0) is 11.5.